The third-order valence-corrected chi connectivity index (χ3v) is 18.7. The maximum atomic E-state index is 7.56. The lowest BCUT2D eigenvalue weighted by molar-refractivity contribution is 0.431. The molecule has 2 atom stereocenters. The van der Waals surface area contributed by atoms with E-state index >= 15 is 0 Å². The van der Waals surface area contributed by atoms with Crippen LogP contribution in [-0.4, -0.2) is 52.7 Å². The smallest absolute Gasteiger partial charge is 0.261 e. The number of guanidine groups is 1. The molecule has 1 aliphatic carbocycles. The molecule has 7 aliphatic rings. The second-order valence-corrected chi connectivity index (χ2v) is 22.6. The third kappa shape index (κ3) is 5.11. The molecule has 12 nitrogen and oxygen atoms in total. The topological polar surface area (TPSA) is 91.0 Å². The van der Waals surface area contributed by atoms with E-state index in [0.717, 1.165) is 163 Å². The molecule has 83 heavy (non-hydrogen) atoms. The molecule has 13 heteroatoms. The largest absolute Gasteiger partial charge is 0.458 e. The van der Waals surface area contributed by atoms with Crippen molar-refractivity contribution < 1.29 is 14.2 Å². The van der Waals surface area contributed by atoms with Gasteiger partial charge in [-0.1, -0.05) is 121 Å². The van der Waals surface area contributed by atoms with Gasteiger partial charge in [0, 0.05) is 40.9 Å². The first-order chi connectivity index (χ1) is 41.2. The zero-order chi connectivity index (χ0) is 53.6. The summed E-state index contributed by atoms with van der Waals surface area (Å²) in [5, 5.41) is 0. The molecule has 0 amide bonds. The minimum absolute atomic E-state index is 0.00411. The lowest BCUT2D eigenvalue weighted by atomic mass is 9.29. The number of para-hydroxylation sites is 10. The Kier molecular flexibility index (Phi) is 7.66. The van der Waals surface area contributed by atoms with Crippen molar-refractivity contribution >= 4 is 102 Å². The van der Waals surface area contributed by atoms with Crippen molar-refractivity contribution in [2.75, 3.05) is 9.80 Å². The average molecular weight is 1070 g/mol. The molecule has 2 unspecified atom stereocenters. The molecule has 0 saturated heterocycles. The van der Waals surface area contributed by atoms with Crippen LogP contribution < -0.4 is 40.4 Å². The average Bonchev–Trinajstić information content (AvgIpc) is 1.80. The predicted octanol–water partition coefficient (Wildman–Crippen LogP) is 12.9. The number of anilines is 3. The van der Waals surface area contributed by atoms with Gasteiger partial charge in [0.1, 0.15) is 34.5 Å². The third-order valence-electron chi connectivity index (χ3n) is 18.7. The van der Waals surface area contributed by atoms with Crippen molar-refractivity contribution in [3.63, 3.8) is 0 Å². The van der Waals surface area contributed by atoms with Crippen LogP contribution in [0.4, 0.5) is 17.1 Å². The first-order valence-electron chi connectivity index (χ1n) is 28.3. The molecule has 21 rings (SSSR count). The van der Waals surface area contributed by atoms with Gasteiger partial charge in [-0.15, -0.1) is 0 Å². The van der Waals surface area contributed by atoms with Gasteiger partial charge < -0.3 is 19.1 Å². The number of allylic oxidation sites excluding steroid dienone is 2. The fraction of sp³-hybridized carbons (Fsp3) is 0.0429. The lowest BCUT2D eigenvalue weighted by Gasteiger charge is -2.49. The van der Waals surface area contributed by atoms with E-state index < -0.39 is 5.41 Å². The van der Waals surface area contributed by atoms with E-state index in [2.05, 4.69) is 252 Å². The van der Waals surface area contributed by atoms with Crippen LogP contribution in [0.2, 0.25) is 0 Å². The Morgan fingerprint density at radius 1 is 0.398 bits per heavy atom. The van der Waals surface area contributed by atoms with E-state index in [1.54, 1.807) is 0 Å². The van der Waals surface area contributed by atoms with E-state index in [1.165, 1.54) is 0 Å². The number of ether oxygens (including phenoxy) is 3. The Morgan fingerprint density at radius 3 is 1.54 bits per heavy atom. The van der Waals surface area contributed by atoms with Crippen LogP contribution in [0.15, 0.2) is 236 Å². The van der Waals surface area contributed by atoms with Crippen LogP contribution in [0.5, 0.6) is 34.5 Å². The van der Waals surface area contributed by atoms with Crippen molar-refractivity contribution in [3.05, 3.63) is 253 Å². The first-order valence-corrected chi connectivity index (χ1v) is 28.3. The molecular weight excluding hydrogens is 1030 g/mol. The lowest BCUT2D eigenvalue weighted by Crippen LogP contribution is -2.65. The van der Waals surface area contributed by atoms with Crippen molar-refractivity contribution in [3.8, 4) is 45.9 Å². The minimum Gasteiger partial charge on any atom is -0.458 e. The molecule has 0 N–H and O–H groups in total. The Hall–Kier alpha value is -11.0. The minimum atomic E-state index is -0.909. The van der Waals surface area contributed by atoms with Gasteiger partial charge in [-0.3, -0.25) is 22.8 Å². The van der Waals surface area contributed by atoms with Crippen molar-refractivity contribution in [2.24, 2.45) is 4.99 Å². The van der Waals surface area contributed by atoms with Crippen LogP contribution >= 0.6 is 0 Å². The highest BCUT2D eigenvalue weighted by atomic mass is 16.5. The van der Waals surface area contributed by atoms with Gasteiger partial charge in [-0.25, -0.2) is 15.0 Å². The maximum Gasteiger partial charge on any atom is 0.261 e. The maximum absolute atomic E-state index is 7.56. The number of aliphatic imine (C=N–C) groups is 1. The van der Waals surface area contributed by atoms with Crippen LogP contribution in [0.1, 0.15) is 22.3 Å². The highest BCUT2D eigenvalue weighted by molar-refractivity contribution is 6.99. The Morgan fingerprint density at radius 2 is 0.904 bits per heavy atom. The fourth-order valence-electron chi connectivity index (χ4n) is 15.6. The van der Waals surface area contributed by atoms with Gasteiger partial charge in [-0.2, -0.15) is 0 Å². The monoisotopic (exact) mass is 1070 g/mol. The number of imidazole rings is 4. The van der Waals surface area contributed by atoms with Crippen LogP contribution in [0.3, 0.4) is 0 Å². The molecule has 10 aromatic carbocycles. The zero-order valence-electron chi connectivity index (χ0n) is 43.9. The summed E-state index contributed by atoms with van der Waals surface area (Å²) in [4.78, 5) is 20.6. The summed E-state index contributed by atoms with van der Waals surface area (Å²) in [6, 6.07) is 73.6. The zero-order valence-corrected chi connectivity index (χ0v) is 43.9. The number of hydrogen-bond acceptors (Lipinski definition) is 8. The molecule has 10 heterocycles. The Bertz CT molecular complexity index is 5390. The number of rotatable bonds is 3. The molecule has 14 aromatic rings. The van der Waals surface area contributed by atoms with E-state index in [-0.39, 0.29) is 18.8 Å². The summed E-state index contributed by atoms with van der Waals surface area (Å²) in [7, 11) is 0. The van der Waals surface area contributed by atoms with E-state index in [9.17, 15) is 0 Å². The molecule has 386 valence electrons. The number of benzene rings is 10. The highest BCUT2D eigenvalue weighted by Crippen LogP contribution is 2.60. The van der Waals surface area contributed by atoms with Crippen LogP contribution in [0.25, 0.3) is 67.1 Å². The molecule has 6 aliphatic heterocycles. The summed E-state index contributed by atoms with van der Waals surface area (Å²) >= 11 is 0. The number of fused-ring (bicyclic) bond motifs is 21. The van der Waals surface area contributed by atoms with Gasteiger partial charge >= 0.3 is 0 Å². The summed E-state index contributed by atoms with van der Waals surface area (Å²) in [6.45, 7) is -0.198. The molecule has 0 saturated carbocycles. The standard InChI is InChI=1S/C70H40BN9O3/c1-4-20-49-46(17-1)72-67-75(52-23-7-10-26-55(52)78(49)67)39-31-33-42-60(35-39)83-61-36-40(76-53-24-8-11-27-56(53)79-50-21-5-2-18-47(50)73-68(76)79)32-34-43(61)70(42)44-15-13-29-58-64(44)71-65-45(70)16-14-30-59(65)82-63-38-41(37-62(81-58)66(63)71)77-54-25-9-12-28-57(54)80-51-22-6-3-19-48(51)74-69(77)80/h1-38,46,49H. The van der Waals surface area contributed by atoms with E-state index in [1.807, 2.05) is 6.07 Å². The fourth-order valence-corrected chi connectivity index (χ4v) is 15.6. The van der Waals surface area contributed by atoms with Crippen LogP contribution in [0, 0.1) is 0 Å². The normalized spacial score (nSPS) is 17.4. The van der Waals surface area contributed by atoms with E-state index in [4.69, 9.17) is 29.2 Å². The van der Waals surface area contributed by atoms with Gasteiger partial charge in [0.2, 0.25) is 17.5 Å². The van der Waals surface area contributed by atoms with Gasteiger partial charge in [0.15, 0.2) is 0 Å². The van der Waals surface area contributed by atoms with Crippen LogP contribution in [-0.2, 0) is 5.41 Å². The summed E-state index contributed by atoms with van der Waals surface area (Å²) in [6.07, 6.45) is 8.71. The summed E-state index contributed by atoms with van der Waals surface area (Å²) < 4.78 is 31.3. The van der Waals surface area contributed by atoms with Crippen molar-refractivity contribution in [2.45, 2.75) is 17.5 Å². The van der Waals surface area contributed by atoms with Gasteiger partial charge in [0.05, 0.1) is 90.1 Å². The van der Waals surface area contributed by atoms with Crippen molar-refractivity contribution in [1.82, 2.24) is 27.9 Å². The quantitative estimate of drug-likeness (QED) is 0.163. The second kappa shape index (κ2) is 14.8. The molecule has 0 radical (unpaired) electrons. The molecular formula is C70H40BN9O3. The second-order valence-electron chi connectivity index (χ2n) is 22.6. The number of nitrogens with zero attached hydrogens (tertiary/aromatic N) is 9. The molecule has 1 spiro atoms. The molecule has 0 bridgehead atoms. The highest BCUT2D eigenvalue weighted by Gasteiger charge is 2.57. The van der Waals surface area contributed by atoms with Gasteiger partial charge in [-0.05, 0) is 107 Å². The Labute approximate surface area is 472 Å². The Balaban J connectivity index is 0.806. The van der Waals surface area contributed by atoms with E-state index in [0.29, 0.717) is 0 Å². The number of hydrogen-bond donors (Lipinski definition) is 0. The predicted molar refractivity (Wildman–Crippen MR) is 327 cm³/mol. The first kappa shape index (κ1) is 42.8. The molecule has 0 fully saturated rings. The SMILES string of the molecule is C1=CC2N=C3N(c4ccc5c(c4)Oc4cc(-n6c7ccccc7n7c8ccccc8nc67)ccc4C54c5cccc6c5B5c7c(cc(-n8c9ccccc9n9c%10ccccc%10nc89)cc7Oc7cccc4c75)O6)c4ccccc4N3C2C=C1. The van der Waals surface area contributed by atoms with Gasteiger partial charge in [0.25, 0.3) is 6.71 Å². The van der Waals surface area contributed by atoms with Crippen molar-refractivity contribution in [1.29, 1.82) is 0 Å². The molecule has 4 aromatic heterocycles. The number of aromatic nitrogens is 6. The summed E-state index contributed by atoms with van der Waals surface area (Å²) in [5.74, 6) is 7.18. The summed E-state index contributed by atoms with van der Waals surface area (Å²) in [5.41, 5.74) is 19.8.